The Labute approximate surface area is 197 Å². The molecule has 1 aromatic carbocycles. The van der Waals surface area contributed by atoms with E-state index in [-0.39, 0.29) is 11.7 Å². The van der Waals surface area contributed by atoms with E-state index in [0.29, 0.717) is 41.0 Å². The highest BCUT2D eigenvalue weighted by Gasteiger charge is 2.25. The molecule has 1 fully saturated rings. The van der Waals surface area contributed by atoms with Crippen molar-refractivity contribution in [3.8, 4) is 0 Å². The normalized spacial score (nSPS) is 16.6. The first-order chi connectivity index (χ1) is 15.4. The van der Waals surface area contributed by atoms with Gasteiger partial charge in [-0.2, -0.15) is 0 Å². The fourth-order valence-corrected chi connectivity index (χ4v) is 4.67. The lowest BCUT2D eigenvalue weighted by Gasteiger charge is -2.36. The maximum atomic E-state index is 12.3. The maximum absolute atomic E-state index is 12.3. The summed E-state index contributed by atoms with van der Waals surface area (Å²) in [4.78, 5) is 37.2. The molecule has 1 amide bonds. The summed E-state index contributed by atoms with van der Waals surface area (Å²) in [6, 6.07) is 7.51. The van der Waals surface area contributed by atoms with Gasteiger partial charge in [-0.05, 0) is 30.2 Å². The average Bonchev–Trinajstić information content (AvgIpc) is 2.81. The number of fused-ring (bicyclic) bond motifs is 1. The SMILES string of the molecule is CCC1=Nc2ccc(CN3CCN(c4ccc(C(=O)NC)nc4Cl)CC3)c(Cl)c2CC1=O. The molecular weight excluding hydrogens is 449 g/mol. The number of hydrogen-bond donors (Lipinski definition) is 1. The van der Waals surface area contributed by atoms with Gasteiger partial charge in [0.1, 0.15) is 5.69 Å². The van der Waals surface area contributed by atoms with Crippen LogP contribution in [0.25, 0.3) is 0 Å². The Bertz CT molecular complexity index is 1090. The van der Waals surface area contributed by atoms with E-state index in [4.69, 9.17) is 23.2 Å². The number of aliphatic imine (C=N–C) groups is 1. The van der Waals surface area contributed by atoms with Crippen LogP contribution in [-0.2, 0) is 17.8 Å². The average molecular weight is 474 g/mol. The molecule has 1 N–H and O–H groups in total. The highest BCUT2D eigenvalue weighted by Crippen LogP contribution is 2.35. The predicted octanol–water partition coefficient (Wildman–Crippen LogP) is 3.68. The number of rotatable bonds is 5. The first-order valence-corrected chi connectivity index (χ1v) is 11.4. The van der Waals surface area contributed by atoms with Crippen LogP contribution in [0, 0.1) is 0 Å². The standard InChI is InChI=1S/C23H25Cl2N5O2/c1-3-16-20(31)12-15-17(27-16)5-4-14(21(15)24)13-29-8-10-30(11-9-29)19-7-6-18(23(32)26-2)28-22(19)25/h4-7H,3,8-13H2,1-2H3,(H,26,32). The molecular formula is C23H25Cl2N5O2. The number of aromatic nitrogens is 1. The van der Waals surface area contributed by atoms with E-state index in [1.54, 1.807) is 13.1 Å². The van der Waals surface area contributed by atoms with Crippen LogP contribution in [0.3, 0.4) is 0 Å². The second kappa shape index (κ2) is 9.57. The predicted molar refractivity (Wildman–Crippen MR) is 128 cm³/mol. The molecule has 7 nitrogen and oxygen atoms in total. The van der Waals surface area contributed by atoms with Crippen molar-refractivity contribution >= 4 is 52.0 Å². The molecule has 4 rings (SSSR count). The topological polar surface area (TPSA) is 77.9 Å². The van der Waals surface area contributed by atoms with Crippen molar-refractivity contribution in [3.05, 3.63) is 51.3 Å². The van der Waals surface area contributed by atoms with Crippen molar-refractivity contribution in [1.82, 2.24) is 15.2 Å². The van der Waals surface area contributed by atoms with Gasteiger partial charge in [-0.25, -0.2) is 9.98 Å². The summed E-state index contributed by atoms with van der Waals surface area (Å²) in [5.74, 6) is -0.205. The van der Waals surface area contributed by atoms with Crippen LogP contribution < -0.4 is 10.2 Å². The van der Waals surface area contributed by atoms with Crippen molar-refractivity contribution in [1.29, 1.82) is 0 Å². The lowest BCUT2D eigenvalue weighted by molar-refractivity contribution is -0.112. The fourth-order valence-electron chi connectivity index (χ4n) is 4.11. The van der Waals surface area contributed by atoms with E-state index in [1.807, 2.05) is 25.1 Å². The molecule has 0 unspecified atom stereocenters. The summed E-state index contributed by atoms with van der Waals surface area (Å²) >= 11 is 13.0. The molecule has 0 radical (unpaired) electrons. The highest BCUT2D eigenvalue weighted by molar-refractivity contribution is 6.42. The zero-order valence-electron chi connectivity index (χ0n) is 18.1. The van der Waals surface area contributed by atoms with E-state index in [9.17, 15) is 9.59 Å². The zero-order valence-corrected chi connectivity index (χ0v) is 19.6. The molecule has 0 saturated carbocycles. The van der Waals surface area contributed by atoms with E-state index in [1.165, 1.54) is 0 Å². The number of amides is 1. The number of carbonyl (C=O) groups excluding carboxylic acids is 2. The summed E-state index contributed by atoms with van der Waals surface area (Å²) in [6.45, 7) is 5.88. The Morgan fingerprint density at radius 1 is 1.12 bits per heavy atom. The van der Waals surface area contributed by atoms with Gasteiger partial charge in [-0.15, -0.1) is 0 Å². The van der Waals surface area contributed by atoms with E-state index < -0.39 is 0 Å². The Hall–Kier alpha value is -2.48. The molecule has 32 heavy (non-hydrogen) atoms. The lowest BCUT2D eigenvalue weighted by Crippen LogP contribution is -2.46. The van der Waals surface area contributed by atoms with Gasteiger partial charge in [0.2, 0.25) is 0 Å². The minimum atomic E-state index is -0.261. The Balaban J connectivity index is 1.42. The van der Waals surface area contributed by atoms with Gasteiger partial charge in [0, 0.05) is 51.8 Å². The summed E-state index contributed by atoms with van der Waals surface area (Å²) in [6.07, 6.45) is 0.954. The number of hydrogen-bond acceptors (Lipinski definition) is 6. The van der Waals surface area contributed by atoms with Crippen molar-refractivity contribution in [2.24, 2.45) is 4.99 Å². The Morgan fingerprint density at radius 2 is 1.88 bits per heavy atom. The first kappa shape index (κ1) is 22.7. The van der Waals surface area contributed by atoms with Crippen LogP contribution in [0.2, 0.25) is 10.2 Å². The molecule has 1 saturated heterocycles. The second-order valence-electron chi connectivity index (χ2n) is 7.90. The number of Topliss-reactive ketones (excluding diaryl/α,β-unsaturated/α-hetero) is 1. The second-order valence-corrected chi connectivity index (χ2v) is 8.63. The molecule has 9 heteroatoms. The van der Waals surface area contributed by atoms with Gasteiger partial charge >= 0.3 is 0 Å². The minimum Gasteiger partial charge on any atom is -0.366 e. The third kappa shape index (κ3) is 4.51. The number of pyridine rings is 1. The number of carbonyl (C=O) groups is 2. The zero-order chi connectivity index (χ0) is 22.8. The molecule has 0 aliphatic carbocycles. The summed E-state index contributed by atoms with van der Waals surface area (Å²) in [5, 5.41) is 3.53. The molecule has 168 valence electrons. The van der Waals surface area contributed by atoms with Crippen molar-refractivity contribution in [3.63, 3.8) is 0 Å². The number of piperazine rings is 1. The Morgan fingerprint density at radius 3 is 2.53 bits per heavy atom. The first-order valence-electron chi connectivity index (χ1n) is 10.7. The van der Waals surface area contributed by atoms with Gasteiger partial charge in [0.25, 0.3) is 5.91 Å². The van der Waals surface area contributed by atoms with E-state index >= 15 is 0 Å². The molecule has 1 aromatic heterocycles. The molecule has 0 bridgehead atoms. The van der Waals surface area contributed by atoms with Crippen LogP contribution in [0.15, 0.2) is 29.3 Å². The lowest BCUT2D eigenvalue weighted by atomic mass is 9.97. The third-order valence-corrected chi connectivity index (χ3v) is 6.69. The van der Waals surface area contributed by atoms with Gasteiger partial charge in [-0.1, -0.05) is 36.2 Å². The maximum Gasteiger partial charge on any atom is 0.269 e. The Kier molecular flexibility index (Phi) is 6.79. The monoisotopic (exact) mass is 473 g/mol. The number of halogens is 2. The van der Waals surface area contributed by atoms with Gasteiger partial charge < -0.3 is 10.2 Å². The van der Waals surface area contributed by atoms with Gasteiger partial charge in [0.15, 0.2) is 10.9 Å². The molecule has 2 aliphatic heterocycles. The van der Waals surface area contributed by atoms with Crippen LogP contribution in [0.4, 0.5) is 11.4 Å². The quantitative estimate of drug-likeness (QED) is 0.670. The molecule has 0 spiro atoms. The van der Waals surface area contributed by atoms with Crippen LogP contribution >= 0.6 is 23.2 Å². The van der Waals surface area contributed by atoms with Crippen LogP contribution in [0.5, 0.6) is 0 Å². The van der Waals surface area contributed by atoms with Gasteiger partial charge in [-0.3, -0.25) is 14.5 Å². The number of ketones is 1. The number of benzene rings is 1. The molecule has 0 atom stereocenters. The summed E-state index contributed by atoms with van der Waals surface area (Å²) in [7, 11) is 1.56. The van der Waals surface area contributed by atoms with Gasteiger partial charge in [0.05, 0.1) is 22.1 Å². The number of anilines is 1. The largest absolute Gasteiger partial charge is 0.366 e. The molecule has 2 aromatic rings. The molecule has 2 aliphatic rings. The number of nitrogens with one attached hydrogen (secondary N) is 1. The van der Waals surface area contributed by atoms with Crippen molar-refractivity contribution < 1.29 is 9.59 Å². The van der Waals surface area contributed by atoms with Crippen LogP contribution in [-0.4, -0.2) is 60.5 Å². The van der Waals surface area contributed by atoms with Crippen molar-refractivity contribution in [2.45, 2.75) is 26.3 Å². The highest BCUT2D eigenvalue weighted by atomic mass is 35.5. The summed E-state index contributed by atoms with van der Waals surface area (Å²) in [5.41, 5.74) is 4.40. The van der Waals surface area contributed by atoms with Crippen molar-refractivity contribution in [2.75, 3.05) is 38.1 Å². The molecule has 3 heterocycles. The number of nitrogens with zero attached hydrogens (tertiary/aromatic N) is 4. The third-order valence-electron chi connectivity index (χ3n) is 5.94. The fraction of sp³-hybridized carbons (Fsp3) is 0.391. The van der Waals surface area contributed by atoms with E-state index in [0.717, 1.165) is 48.7 Å². The summed E-state index contributed by atoms with van der Waals surface area (Å²) < 4.78 is 0. The smallest absolute Gasteiger partial charge is 0.269 e. The van der Waals surface area contributed by atoms with E-state index in [2.05, 4.69) is 25.1 Å². The van der Waals surface area contributed by atoms with Crippen LogP contribution in [0.1, 0.15) is 35.0 Å². The minimum absolute atomic E-state index is 0.0561.